The Morgan fingerprint density at radius 2 is 1.82 bits per heavy atom. The summed E-state index contributed by atoms with van der Waals surface area (Å²) in [7, 11) is 7.46. The average Bonchev–Trinajstić information content (AvgIpc) is 3.98. The Balaban J connectivity index is 1.13. The van der Waals surface area contributed by atoms with Crippen LogP contribution in [0.2, 0.25) is 0 Å². The van der Waals surface area contributed by atoms with Crippen molar-refractivity contribution in [3.63, 3.8) is 0 Å². The number of benzene rings is 2. The van der Waals surface area contributed by atoms with E-state index >= 15 is 4.79 Å². The molecule has 2 aromatic heterocycles. The van der Waals surface area contributed by atoms with Gasteiger partial charge in [0.25, 0.3) is 11.8 Å². The van der Waals surface area contributed by atoms with Gasteiger partial charge in [-0.1, -0.05) is 64.6 Å². The summed E-state index contributed by atoms with van der Waals surface area (Å²) in [5.74, 6) is -2.21. The summed E-state index contributed by atoms with van der Waals surface area (Å²) in [6, 6.07) is 16.5. The maximum absolute atomic E-state index is 15.2. The van der Waals surface area contributed by atoms with Crippen LogP contribution < -0.4 is 5.43 Å². The fourth-order valence-electron chi connectivity index (χ4n) is 11.0. The van der Waals surface area contributed by atoms with Crippen molar-refractivity contribution in [2.24, 2.45) is 11.3 Å². The van der Waals surface area contributed by atoms with Gasteiger partial charge in [0, 0.05) is 80.8 Å². The zero-order valence-electron chi connectivity index (χ0n) is 39.3. The molecule has 4 aliphatic heterocycles. The van der Waals surface area contributed by atoms with E-state index < -0.39 is 39.5 Å². The number of methoxy groups -OCH3 is 1. The van der Waals surface area contributed by atoms with Crippen LogP contribution in [0.1, 0.15) is 76.6 Å². The number of carbonyl (C=O) groups excluding carboxylic acids is 5. The Kier molecular flexibility index (Phi) is 12.2. The fraction of sp³-hybridized carbons (Fsp3) is 0.480. The second-order valence-corrected chi connectivity index (χ2v) is 21.4. The van der Waals surface area contributed by atoms with E-state index in [9.17, 15) is 19.2 Å². The van der Waals surface area contributed by atoms with Crippen LogP contribution in [0.5, 0.6) is 0 Å². The van der Waals surface area contributed by atoms with Gasteiger partial charge >= 0.3 is 12.0 Å². The molecule has 4 aromatic rings. The zero-order chi connectivity index (χ0) is 47.7. The number of carbonyl (C=O) groups is 5. The Bertz CT molecular complexity index is 2690. The molecule has 2 aromatic carbocycles. The molecule has 6 bridgehead atoms. The van der Waals surface area contributed by atoms with Gasteiger partial charge in [-0.05, 0) is 96.6 Å². The number of aryl methyl sites for hydroxylation is 1. The van der Waals surface area contributed by atoms with Crippen LogP contribution in [0.3, 0.4) is 0 Å². The molecule has 351 valence electrons. The molecule has 1 unspecified atom stereocenters. The number of esters is 1. The number of hydrogen-bond donors (Lipinski definition) is 1. The van der Waals surface area contributed by atoms with Gasteiger partial charge < -0.3 is 28.7 Å². The number of cyclic esters (lactones) is 1. The number of hydrogen-bond acceptors (Lipinski definition) is 10. The van der Waals surface area contributed by atoms with Crippen molar-refractivity contribution >= 4 is 62.8 Å². The standard InChI is InChI=1S/C50H59N8O7SSi/c1-9-38(59)54-22-14-23-55(29-54)47(63)53(7)40(30(3)4)44(60)58-49(66-58)27-31-15-11-16-32(25-31)33-19-20-37-35(26-33)39-41(56(37)10-2)34-17-12-21-51-43(34)50(67,64-8)42(39)48(5,6)28-65-45(61)36-18-13-24-57(52-36)46(49)62/h9,11-12,15-17,19-21,25-26,30,36,40,42,52H,1,10,13-14,18,22-24,27-29H2,2-8H3/t36-,40-,42?,49+,50+,58?/m0/s1. The molecule has 9 rings (SSSR count). The van der Waals surface area contributed by atoms with Crippen molar-refractivity contribution in [3.8, 4) is 22.4 Å². The molecule has 17 heteroatoms. The molecule has 1 aliphatic carbocycles. The molecule has 15 nitrogen and oxygen atoms in total. The molecule has 6 heterocycles. The third-order valence-electron chi connectivity index (χ3n) is 14.3. The number of urea groups is 1. The van der Waals surface area contributed by atoms with E-state index in [1.165, 1.54) is 20.3 Å². The van der Waals surface area contributed by atoms with Crippen LogP contribution in [-0.4, -0.2) is 138 Å². The lowest BCUT2D eigenvalue weighted by Gasteiger charge is -2.48. The van der Waals surface area contributed by atoms with Crippen molar-refractivity contribution in [1.29, 1.82) is 0 Å². The molecule has 0 saturated carbocycles. The molecule has 3 saturated heterocycles. The first kappa shape index (κ1) is 46.6. The predicted molar refractivity (Wildman–Crippen MR) is 257 cm³/mol. The zero-order valence-corrected chi connectivity index (χ0v) is 41.2. The Morgan fingerprint density at radius 1 is 1.06 bits per heavy atom. The smallest absolute Gasteiger partial charge is 0.324 e. The Labute approximate surface area is 399 Å². The van der Waals surface area contributed by atoms with Crippen molar-refractivity contribution in [2.45, 2.75) is 94.9 Å². The monoisotopic (exact) mass is 943 g/mol. The first-order chi connectivity index (χ1) is 32.0. The van der Waals surface area contributed by atoms with E-state index in [4.69, 9.17) is 14.5 Å². The highest BCUT2D eigenvalue weighted by molar-refractivity contribution is 8.06. The lowest BCUT2D eigenvalue weighted by atomic mass is 9.66. The number of aromatic nitrogens is 2. The Morgan fingerprint density at radius 3 is 2.55 bits per heavy atom. The number of likely N-dealkylation sites (N-methyl/N-ethyl adjacent to an activating group) is 1. The lowest BCUT2D eigenvalue weighted by molar-refractivity contribution is -0.157. The average molecular weight is 944 g/mol. The number of nitrogens with one attached hydrogen (secondary N) is 1. The summed E-state index contributed by atoms with van der Waals surface area (Å²) < 4.78 is 16.6. The number of nitrogens with zero attached hydrogens (tertiary/aromatic N) is 7. The van der Waals surface area contributed by atoms with Gasteiger partial charge in [-0.25, -0.2) is 10.2 Å². The first-order valence-corrected chi connectivity index (χ1v) is 24.5. The van der Waals surface area contributed by atoms with Crippen LogP contribution in [0, 0.1) is 11.3 Å². The molecule has 1 spiro atoms. The van der Waals surface area contributed by atoms with Gasteiger partial charge in [-0.15, -0.1) is 0 Å². The SMILES string of the molecule is C=CC(=O)N1CCCN(C(=O)N(C)[C@H](C(=O)N2S[C@@]23Cc2cccc(c2)-c2ccc4c(c2)c2c(n4CC)-c4cccnc4[C@@]([Si])(OC)C2C(C)(C)COC(=O)[C@@H]2CCCN(N2)C3=O)C(C)C)C1. The molecule has 1 N–H and O–H groups in total. The summed E-state index contributed by atoms with van der Waals surface area (Å²) in [5.41, 5.74) is 10.1. The summed E-state index contributed by atoms with van der Waals surface area (Å²) >= 11 is 1.15. The third kappa shape index (κ3) is 7.75. The van der Waals surface area contributed by atoms with E-state index in [0.717, 1.165) is 62.1 Å². The van der Waals surface area contributed by atoms with Crippen LogP contribution in [0.4, 0.5) is 4.79 Å². The quantitative estimate of drug-likeness (QED) is 0.0801. The molecule has 67 heavy (non-hydrogen) atoms. The molecule has 5 amide bonds. The van der Waals surface area contributed by atoms with Gasteiger partial charge in [0.15, 0.2) is 0 Å². The Hall–Kier alpha value is -5.49. The number of amides is 5. The minimum absolute atomic E-state index is 0.0330. The number of fused-ring (bicyclic) bond motifs is 8. The summed E-state index contributed by atoms with van der Waals surface area (Å²) in [4.78, 5) is 79.1. The molecular formula is C50H59N8O7SSi. The van der Waals surface area contributed by atoms with Crippen molar-refractivity contribution in [3.05, 3.63) is 90.3 Å². The summed E-state index contributed by atoms with van der Waals surface area (Å²) in [5, 5.41) is 1.42. The van der Waals surface area contributed by atoms with E-state index in [1.54, 1.807) is 30.2 Å². The van der Waals surface area contributed by atoms with Crippen LogP contribution in [0.15, 0.2) is 73.4 Å². The molecule has 5 atom stereocenters. The molecule has 5 aliphatic rings. The van der Waals surface area contributed by atoms with E-state index in [-0.39, 0.29) is 49.4 Å². The van der Waals surface area contributed by atoms with Gasteiger partial charge in [-0.2, -0.15) is 0 Å². The topological polar surface area (TPSA) is 150 Å². The van der Waals surface area contributed by atoms with Crippen molar-refractivity contribution < 1.29 is 33.4 Å². The van der Waals surface area contributed by atoms with Crippen molar-refractivity contribution in [1.82, 2.24) is 39.0 Å². The van der Waals surface area contributed by atoms with E-state index in [2.05, 4.69) is 84.0 Å². The molecular weight excluding hydrogens is 885 g/mol. The minimum Gasteiger partial charge on any atom is -0.464 e. The predicted octanol–water partition coefficient (Wildman–Crippen LogP) is 6.02. The van der Waals surface area contributed by atoms with Crippen LogP contribution in [-0.2, 0) is 46.8 Å². The second kappa shape index (κ2) is 17.5. The highest BCUT2D eigenvalue weighted by atomic mass is 32.2. The largest absolute Gasteiger partial charge is 0.464 e. The number of ether oxygens (including phenoxy) is 2. The van der Waals surface area contributed by atoms with E-state index in [1.807, 2.05) is 32.0 Å². The molecule has 3 fully saturated rings. The van der Waals surface area contributed by atoms with Gasteiger partial charge in [0.05, 0.1) is 40.1 Å². The lowest BCUT2D eigenvalue weighted by Crippen LogP contribution is -2.60. The minimum atomic E-state index is -1.38. The second-order valence-electron chi connectivity index (χ2n) is 19.4. The van der Waals surface area contributed by atoms with Crippen LogP contribution >= 0.6 is 11.9 Å². The van der Waals surface area contributed by atoms with Gasteiger partial charge in [0.2, 0.25) is 10.8 Å². The van der Waals surface area contributed by atoms with Crippen molar-refractivity contribution in [2.75, 3.05) is 47.1 Å². The highest BCUT2D eigenvalue weighted by Gasteiger charge is 2.66. The third-order valence-corrected chi connectivity index (χ3v) is 16.3. The van der Waals surface area contributed by atoms with E-state index in [0.29, 0.717) is 45.4 Å². The first-order valence-electron chi connectivity index (χ1n) is 23.2. The molecule has 3 radical (unpaired) electrons. The normalized spacial score (nSPS) is 25.1. The maximum Gasteiger partial charge on any atom is 0.324 e. The fourth-order valence-corrected chi connectivity index (χ4v) is 12.9. The summed E-state index contributed by atoms with van der Waals surface area (Å²) in [6.45, 7) is 15.7. The van der Waals surface area contributed by atoms with Crippen LogP contribution in [0.25, 0.3) is 33.3 Å². The summed E-state index contributed by atoms with van der Waals surface area (Å²) in [6.07, 6.45) is 4.74. The number of pyridine rings is 1. The number of rotatable bonds is 6. The van der Waals surface area contributed by atoms with Gasteiger partial charge in [-0.3, -0.25) is 33.5 Å². The van der Waals surface area contributed by atoms with Gasteiger partial charge in [0.1, 0.15) is 12.1 Å². The highest BCUT2D eigenvalue weighted by Crippen LogP contribution is 2.59. The number of hydrazine groups is 1. The maximum atomic E-state index is 15.2.